The van der Waals surface area contributed by atoms with Crippen molar-refractivity contribution >= 4 is 28.9 Å². The molecule has 0 radical (unpaired) electrons. The van der Waals surface area contributed by atoms with E-state index in [1.165, 1.54) is 11.3 Å². The maximum atomic E-state index is 12.2. The second kappa shape index (κ2) is 10.3. The Morgan fingerprint density at radius 1 is 0.871 bits per heavy atom. The van der Waals surface area contributed by atoms with Crippen molar-refractivity contribution in [2.75, 3.05) is 43.0 Å². The van der Waals surface area contributed by atoms with Gasteiger partial charge in [0.1, 0.15) is 5.75 Å². The first-order chi connectivity index (χ1) is 15.2. The number of ether oxygens (including phenoxy) is 1. The largest absolute Gasteiger partial charge is 0.482 e. The van der Waals surface area contributed by atoms with Crippen molar-refractivity contribution in [2.24, 2.45) is 0 Å². The van der Waals surface area contributed by atoms with Gasteiger partial charge in [0.05, 0.1) is 5.02 Å². The maximum absolute atomic E-state index is 12.2. The average Bonchev–Trinajstić information content (AvgIpc) is 2.80. The summed E-state index contributed by atoms with van der Waals surface area (Å²) >= 11 is 6.04. The molecule has 1 aliphatic heterocycles. The molecule has 1 fully saturated rings. The van der Waals surface area contributed by atoms with Gasteiger partial charge in [0, 0.05) is 44.1 Å². The molecule has 4 rings (SSSR count). The molecular weight excluding hydrogens is 410 g/mol. The van der Waals surface area contributed by atoms with E-state index in [2.05, 4.69) is 57.6 Å². The molecule has 1 N–H and O–H groups in total. The molecule has 1 aliphatic rings. The third-order valence-corrected chi connectivity index (χ3v) is 5.65. The Hall–Kier alpha value is -3.02. The molecule has 0 bridgehead atoms. The third-order valence-electron chi connectivity index (χ3n) is 5.33. The molecule has 0 atom stereocenters. The molecule has 1 amide bonds. The van der Waals surface area contributed by atoms with Crippen molar-refractivity contribution in [3.63, 3.8) is 0 Å². The number of carbonyl (C=O) groups is 1. The van der Waals surface area contributed by atoms with Crippen LogP contribution in [0.15, 0.2) is 78.9 Å². The fourth-order valence-corrected chi connectivity index (χ4v) is 3.85. The van der Waals surface area contributed by atoms with Crippen LogP contribution in [0.1, 0.15) is 5.56 Å². The van der Waals surface area contributed by atoms with Gasteiger partial charge in [0.25, 0.3) is 5.91 Å². The van der Waals surface area contributed by atoms with Crippen LogP contribution in [0.25, 0.3) is 0 Å². The first-order valence-electron chi connectivity index (χ1n) is 10.5. The van der Waals surface area contributed by atoms with Crippen LogP contribution >= 0.6 is 11.6 Å². The number of halogens is 1. The Morgan fingerprint density at radius 3 is 2.26 bits per heavy atom. The van der Waals surface area contributed by atoms with E-state index in [4.69, 9.17) is 16.3 Å². The SMILES string of the molecule is O=C(COc1ccccc1Cl)Nc1ccc(N2CCN(Cc3ccccc3)CC2)cc1. The topological polar surface area (TPSA) is 44.8 Å². The number of nitrogens with one attached hydrogen (secondary N) is 1. The first kappa shape index (κ1) is 21.2. The van der Waals surface area contributed by atoms with Crippen LogP contribution in [0.5, 0.6) is 5.75 Å². The highest BCUT2D eigenvalue weighted by atomic mass is 35.5. The molecule has 6 heteroatoms. The van der Waals surface area contributed by atoms with Crippen molar-refractivity contribution in [1.82, 2.24) is 4.90 Å². The summed E-state index contributed by atoms with van der Waals surface area (Å²) in [5.74, 6) is 0.281. The lowest BCUT2D eigenvalue weighted by atomic mass is 10.2. The quantitative estimate of drug-likeness (QED) is 0.585. The molecule has 5 nitrogen and oxygen atoms in total. The summed E-state index contributed by atoms with van der Waals surface area (Å²) < 4.78 is 5.49. The Balaban J connectivity index is 1.24. The van der Waals surface area contributed by atoms with E-state index < -0.39 is 0 Å². The molecule has 0 aliphatic carbocycles. The van der Waals surface area contributed by atoms with Gasteiger partial charge >= 0.3 is 0 Å². The molecule has 0 aromatic heterocycles. The standard InChI is InChI=1S/C25H26ClN3O2/c26-23-8-4-5-9-24(23)31-19-25(30)27-21-10-12-22(13-11-21)29-16-14-28(15-17-29)18-20-6-2-1-3-7-20/h1-13H,14-19H2,(H,27,30). The molecule has 0 saturated carbocycles. The minimum Gasteiger partial charge on any atom is -0.482 e. The zero-order chi connectivity index (χ0) is 21.5. The van der Waals surface area contributed by atoms with Crippen LogP contribution in [-0.4, -0.2) is 43.6 Å². The van der Waals surface area contributed by atoms with Crippen LogP contribution in [0.2, 0.25) is 5.02 Å². The van der Waals surface area contributed by atoms with Gasteiger partial charge in [-0.3, -0.25) is 9.69 Å². The van der Waals surface area contributed by atoms with Gasteiger partial charge in [-0.15, -0.1) is 0 Å². The Kier molecular flexibility index (Phi) is 7.07. The van der Waals surface area contributed by atoms with E-state index >= 15 is 0 Å². The lowest BCUT2D eigenvalue weighted by Gasteiger charge is -2.36. The molecule has 1 saturated heterocycles. The van der Waals surface area contributed by atoms with Gasteiger partial charge < -0.3 is 15.0 Å². The summed E-state index contributed by atoms with van der Waals surface area (Å²) in [4.78, 5) is 17.0. The normalized spacial score (nSPS) is 14.3. The van der Waals surface area contributed by atoms with Crippen LogP contribution in [0.3, 0.4) is 0 Å². The number of hydrogen-bond donors (Lipinski definition) is 1. The van der Waals surface area contributed by atoms with E-state index in [0.717, 1.165) is 38.4 Å². The fourth-order valence-electron chi connectivity index (χ4n) is 3.66. The second-order valence-corrected chi connectivity index (χ2v) is 7.97. The fraction of sp³-hybridized carbons (Fsp3) is 0.240. The van der Waals surface area contributed by atoms with Crippen LogP contribution in [0.4, 0.5) is 11.4 Å². The van der Waals surface area contributed by atoms with Gasteiger partial charge in [-0.1, -0.05) is 54.1 Å². The maximum Gasteiger partial charge on any atom is 0.262 e. The highest BCUT2D eigenvalue weighted by Crippen LogP contribution is 2.23. The molecule has 1 heterocycles. The zero-order valence-electron chi connectivity index (χ0n) is 17.3. The number of benzene rings is 3. The monoisotopic (exact) mass is 435 g/mol. The number of para-hydroxylation sites is 1. The second-order valence-electron chi connectivity index (χ2n) is 7.56. The van der Waals surface area contributed by atoms with Crippen molar-refractivity contribution in [3.05, 3.63) is 89.4 Å². The predicted molar refractivity (Wildman–Crippen MR) is 126 cm³/mol. The van der Waals surface area contributed by atoms with E-state index in [9.17, 15) is 4.79 Å². The van der Waals surface area contributed by atoms with Crippen LogP contribution < -0.4 is 15.0 Å². The average molecular weight is 436 g/mol. The van der Waals surface area contributed by atoms with Gasteiger partial charge in [-0.25, -0.2) is 0 Å². The van der Waals surface area contributed by atoms with Gasteiger partial charge in [-0.05, 0) is 42.0 Å². The summed E-state index contributed by atoms with van der Waals surface area (Å²) in [7, 11) is 0. The van der Waals surface area contributed by atoms with Gasteiger partial charge in [0.2, 0.25) is 0 Å². The number of rotatable bonds is 7. The Labute approximate surface area is 188 Å². The summed E-state index contributed by atoms with van der Waals surface area (Å²) in [5.41, 5.74) is 3.28. The van der Waals surface area contributed by atoms with E-state index in [1.54, 1.807) is 12.1 Å². The zero-order valence-corrected chi connectivity index (χ0v) is 18.1. The number of hydrogen-bond acceptors (Lipinski definition) is 4. The smallest absolute Gasteiger partial charge is 0.262 e. The van der Waals surface area contributed by atoms with Crippen LogP contribution in [0, 0.1) is 0 Å². The number of amides is 1. The summed E-state index contributed by atoms with van der Waals surface area (Å²) in [5, 5.41) is 3.35. The lowest BCUT2D eigenvalue weighted by Crippen LogP contribution is -2.45. The van der Waals surface area contributed by atoms with Crippen molar-refractivity contribution in [3.8, 4) is 5.75 Å². The molecule has 3 aromatic carbocycles. The van der Waals surface area contributed by atoms with E-state index in [1.807, 2.05) is 24.3 Å². The predicted octanol–water partition coefficient (Wildman–Crippen LogP) is 4.68. The molecule has 0 unspecified atom stereocenters. The minimum atomic E-state index is -0.220. The molecular formula is C25H26ClN3O2. The summed E-state index contributed by atoms with van der Waals surface area (Å²) in [6.07, 6.45) is 0. The van der Waals surface area contributed by atoms with E-state index in [0.29, 0.717) is 10.8 Å². The number of piperazine rings is 1. The van der Waals surface area contributed by atoms with Gasteiger partial charge in [0.15, 0.2) is 6.61 Å². The lowest BCUT2D eigenvalue weighted by molar-refractivity contribution is -0.118. The van der Waals surface area contributed by atoms with Gasteiger partial charge in [-0.2, -0.15) is 0 Å². The first-order valence-corrected chi connectivity index (χ1v) is 10.8. The highest BCUT2D eigenvalue weighted by Gasteiger charge is 2.17. The summed E-state index contributed by atoms with van der Waals surface area (Å²) in [6.45, 7) is 4.96. The van der Waals surface area contributed by atoms with Crippen molar-refractivity contribution in [1.29, 1.82) is 0 Å². The van der Waals surface area contributed by atoms with Crippen molar-refractivity contribution in [2.45, 2.75) is 6.54 Å². The molecule has 0 spiro atoms. The van der Waals surface area contributed by atoms with E-state index in [-0.39, 0.29) is 12.5 Å². The summed E-state index contributed by atoms with van der Waals surface area (Å²) in [6, 6.07) is 25.7. The number of carbonyl (C=O) groups excluding carboxylic acids is 1. The molecule has 3 aromatic rings. The minimum absolute atomic E-state index is 0.0884. The molecule has 160 valence electrons. The molecule has 31 heavy (non-hydrogen) atoms. The Morgan fingerprint density at radius 2 is 1.55 bits per heavy atom. The van der Waals surface area contributed by atoms with Crippen LogP contribution in [-0.2, 0) is 11.3 Å². The van der Waals surface area contributed by atoms with Crippen molar-refractivity contribution < 1.29 is 9.53 Å². The number of nitrogens with zero attached hydrogens (tertiary/aromatic N) is 2. The third kappa shape index (κ3) is 6.00. The Bertz CT molecular complexity index is 987. The number of anilines is 2. The highest BCUT2D eigenvalue weighted by molar-refractivity contribution is 6.32.